The number of nitrogens with two attached hydrogens (primary N) is 3. The number of hydrogen-bond acceptors (Lipinski definition) is 32. The summed E-state index contributed by atoms with van der Waals surface area (Å²) in [6.07, 6.45) is -3.07. The average Bonchev–Trinajstić information content (AvgIpc) is 1.67. The van der Waals surface area contributed by atoms with E-state index in [4.69, 9.17) is 22.6 Å². The Morgan fingerprint density at radius 2 is 0.829 bits per heavy atom. The first-order chi connectivity index (χ1) is 68.6. The molecule has 57 heteroatoms. The molecule has 0 unspecified atom stereocenters. The molecule has 2 fully saturated rings. The quantitative estimate of drug-likeness (QED) is 0.0164. The summed E-state index contributed by atoms with van der Waals surface area (Å²) >= 11 is 2.50. The van der Waals surface area contributed by atoms with E-state index in [1.165, 1.54) is 54.8 Å². The van der Waals surface area contributed by atoms with E-state index in [-0.39, 0.29) is 139 Å². The molecule has 3 heterocycles. The summed E-state index contributed by atoms with van der Waals surface area (Å²) in [6, 6.07) is -29.3. The number of aliphatic carboxylic acids is 4. The topological polar surface area (TPSA) is 879 Å². The van der Waals surface area contributed by atoms with E-state index in [9.17, 15) is 146 Å². The molecule has 0 aliphatic carbocycles. The van der Waals surface area contributed by atoms with Crippen molar-refractivity contribution in [3.05, 3.63) is 18.2 Å². The van der Waals surface area contributed by atoms with Gasteiger partial charge in [-0.25, -0.2) is 9.78 Å². The van der Waals surface area contributed by atoms with E-state index in [0.717, 1.165) is 18.7 Å². The number of nitrogens with zero attached hydrogens (tertiary/aromatic N) is 3. The van der Waals surface area contributed by atoms with Crippen molar-refractivity contribution in [1.29, 1.82) is 5.41 Å². The Kier molecular flexibility index (Phi) is 56.7. The smallest absolute Gasteiger partial charge is 0.326 e. The van der Waals surface area contributed by atoms with E-state index < -0.39 is 314 Å². The summed E-state index contributed by atoms with van der Waals surface area (Å²) in [5, 5.41) is 130. The second-order valence-electron chi connectivity index (χ2n) is 37.0. The Bertz CT molecular complexity index is 4590. The van der Waals surface area contributed by atoms with Gasteiger partial charge in [0.25, 0.3) is 0 Å². The lowest BCUT2D eigenvalue weighted by atomic mass is 9.99. The first kappa shape index (κ1) is 127. The van der Waals surface area contributed by atoms with Gasteiger partial charge in [0.1, 0.15) is 109 Å². The summed E-state index contributed by atoms with van der Waals surface area (Å²) in [5.74, 6) is -26.2. The number of nitrogens with one attached hydrogen (secondary N) is 19. The van der Waals surface area contributed by atoms with Crippen molar-refractivity contribution in [2.24, 2.45) is 35.0 Å². The van der Waals surface area contributed by atoms with Crippen molar-refractivity contribution in [3.8, 4) is 0 Å². The Balaban J connectivity index is 1.88. The second kappa shape index (κ2) is 65.0. The molecule has 0 saturated carbocycles. The predicted octanol–water partition coefficient (Wildman–Crippen LogP) is -9.26. The minimum absolute atomic E-state index is 0.0110. The van der Waals surface area contributed by atoms with Gasteiger partial charge in [-0.15, -0.1) is 0 Å². The lowest BCUT2D eigenvalue weighted by Crippen LogP contribution is -2.62. The number of aromatic nitrogens is 2. The van der Waals surface area contributed by atoms with E-state index >= 15 is 0 Å². The Labute approximate surface area is 852 Å². The zero-order valence-corrected chi connectivity index (χ0v) is 85.7. The van der Waals surface area contributed by atoms with Crippen LogP contribution in [-0.2, 0) is 112 Å². The van der Waals surface area contributed by atoms with Gasteiger partial charge < -0.3 is 163 Å². The number of unbranched alkanes of at least 4 members (excludes halogenated alkanes) is 1. The van der Waals surface area contributed by atoms with E-state index in [2.05, 4.69) is 100 Å². The zero-order chi connectivity index (χ0) is 110. The van der Waals surface area contributed by atoms with Gasteiger partial charge in [-0.2, -0.15) is 23.5 Å². The monoisotopic (exact) mass is 2110 g/mol. The molecule has 822 valence electrons. The average molecular weight is 2110 g/mol. The highest BCUT2D eigenvalue weighted by Crippen LogP contribution is 2.24. The van der Waals surface area contributed by atoms with Crippen LogP contribution in [0, 0.1) is 23.2 Å². The summed E-state index contributed by atoms with van der Waals surface area (Å²) in [4.78, 5) is 311. The van der Waals surface area contributed by atoms with Gasteiger partial charge in [-0.05, 0) is 172 Å². The molecule has 18 amide bonds. The fourth-order valence-electron chi connectivity index (χ4n) is 15.4. The molecule has 55 nitrogen and oxygen atoms in total. The van der Waals surface area contributed by atoms with Crippen LogP contribution < -0.4 is 108 Å². The van der Waals surface area contributed by atoms with Gasteiger partial charge >= 0.3 is 23.9 Å². The van der Waals surface area contributed by atoms with Crippen LogP contribution in [0.25, 0.3) is 0 Å². The standard InChI is InChI=1S/C89H149N25O30S2/c1-42(2)32-55(104-72(127)50(18-13-14-26-90)99-74(129)53(24-30-145-11)101-79(134)59(37-67(124)125)108-84(139)69(47(9)117)111-64(119)39-96-83(138)68(91)46(8)116)76(131)100-51(19-15-27-95-89(92)93)73(128)109-60(34-44(5)6)86(141)113-28-16-20-62(113)81(136)98-45(7)71(126)110-61(40-115)87(142)114-29-17-21-63(114)82(137)102-52(22-23-65(120)121)75(130)112-70(48(10)118)85(140)107-57(35-49-38-94-41-97-49)78(133)105-56(33-43(3)4)77(132)106-58(36-66(122)123)80(135)103-54(88(143)144)25-31-146-12/h38,41-48,50-63,68-70,115-118H,13-37,39-40,90-91H2,1-12H3,(H,94,97)(H,96,138)(H,98,136)(H,99,129)(H,100,131)(H,101,134)(H,102,137)(H,103,135)(H,104,127)(H,105,133)(H,106,132)(H,107,140)(H,108,139)(H,109,128)(H,110,126)(H,111,119)(H,112,130)(H,120,121)(H,122,123)(H,124,125)(H,143,144)(H4,92,93,95)/t45-,46+,47+,48+,50-,51-,52-,53-,54-,55-,56-,57-,58-,59-,60-,61-,62-,63-,68-,69-,70-/m0/s1. The van der Waals surface area contributed by atoms with Crippen molar-refractivity contribution in [1.82, 2.24) is 110 Å². The molecular formula is C89H149N25O30S2. The molecule has 1 aromatic rings. The number of guanidine groups is 1. The number of aromatic amines is 1. The van der Waals surface area contributed by atoms with Crippen LogP contribution in [-0.4, -0.2) is 387 Å². The third kappa shape index (κ3) is 45.1. The number of aliphatic hydroxyl groups excluding tert-OH is 4. The largest absolute Gasteiger partial charge is 0.481 e. The number of carbonyl (C=O) groups excluding carboxylic acids is 18. The van der Waals surface area contributed by atoms with Crippen molar-refractivity contribution < 1.29 is 146 Å². The second-order valence-corrected chi connectivity index (χ2v) is 39.0. The molecule has 0 spiro atoms. The predicted molar refractivity (Wildman–Crippen MR) is 525 cm³/mol. The maximum Gasteiger partial charge on any atom is 0.326 e. The van der Waals surface area contributed by atoms with Crippen LogP contribution in [0.5, 0.6) is 0 Å². The first-order valence-corrected chi connectivity index (χ1v) is 50.8. The molecule has 146 heavy (non-hydrogen) atoms. The molecule has 0 bridgehead atoms. The van der Waals surface area contributed by atoms with Crippen LogP contribution in [0.1, 0.15) is 191 Å². The van der Waals surface area contributed by atoms with Crippen molar-refractivity contribution in [2.45, 2.75) is 318 Å². The van der Waals surface area contributed by atoms with Gasteiger partial charge in [-0.3, -0.25) is 106 Å². The summed E-state index contributed by atoms with van der Waals surface area (Å²) < 4.78 is 0. The summed E-state index contributed by atoms with van der Waals surface area (Å²) in [6.45, 7) is 12.7. The highest BCUT2D eigenvalue weighted by molar-refractivity contribution is 7.98. The number of imidazole rings is 1. The molecule has 21 atom stereocenters. The number of amides is 18. The number of rotatable bonds is 68. The lowest BCUT2D eigenvalue weighted by Gasteiger charge is -2.32. The molecule has 3 rings (SSSR count). The zero-order valence-electron chi connectivity index (χ0n) is 84.1. The molecule has 0 aromatic carbocycles. The van der Waals surface area contributed by atoms with Crippen LogP contribution >= 0.6 is 23.5 Å². The molecule has 2 saturated heterocycles. The number of likely N-dealkylation sites (tertiary alicyclic amines) is 2. The van der Waals surface area contributed by atoms with Crippen molar-refractivity contribution in [2.75, 3.05) is 63.3 Å². The normalized spacial score (nSPS) is 17.3. The van der Waals surface area contributed by atoms with E-state index in [1.807, 2.05) is 0 Å². The fraction of sp³-hybridized carbons (Fsp3) is 0.708. The maximum absolute atomic E-state index is 15.0. The lowest BCUT2D eigenvalue weighted by molar-refractivity contribution is -0.144. The number of H-pyrrole nitrogens is 1. The number of thioether (sulfide) groups is 2. The molecule has 1 aromatic heterocycles. The summed E-state index contributed by atoms with van der Waals surface area (Å²) in [7, 11) is 0. The number of hydrogen-bond donors (Lipinski definition) is 30. The van der Waals surface area contributed by atoms with Gasteiger partial charge in [0.05, 0.1) is 50.6 Å². The van der Waals surface area contributed by atoms with Crippen molar-refractivity contribution >= 4 is 160 Å². The highest BCUT2D eigenvalue weighted by atomic mass is 32.2. The summed E-state index contributed by atoms with van der Waals surface area (Å²) in [5.41, 5.74) is 17.2. The molecular weight excluding hydrogens is 1960 g/mol. The molecule has 2 aliphatic heterocycles. The number of carboxylic acids is 4. The van der Waals surface area contributed by atoms with Crippen molar-refractivity contribution in [3.63, 3.8) is 0 Å². The van der Waals surface area contributed by atoms with Gasteiger partial charge in [0.15, 0.2) is 5.96 Å². The van der Waals surface area contributed by atoms with Crippen LogP contribution in [0.4, 0.5) is 0 Å². The molecule has 2 aliphatic rings. The van der Waals surface area contributed by atoms with Crippen LogP contribution in [0.2, 0.25) is 0 Å². The Hall–Kier alpha value is -12.7. The Morgan fingerprint density at radius 3 is 1.27 bits per heavy atom. The number of carboxylic acid groups (broad SMARTS) is 4. The number of carbonyl (C=O) groups is 22. The Morgan fingerprint density at radius 1 is 0.438 bits per heavy atom. The minimum Gasteiger partial charge on any atom is -0.481 e. The highest BCUT2D eigenvalue weighted by Gasteiger charge is 2.45. The van der Waals surface area contributed by atoms with Crippen LogP contribution in [0.15, 0.2) is 12.5 Å². The van der Waals surface area contributed by atoms with Gasteiger partial charge in [0.2, 0.25) is 106 Å². The van der Waals surface area contributed by atoms with E-state index in [1.54, 1.807) is 54.1 Å². The van der Waals surface area contributed by atoms with Gasteiger partial charge in [0, 0.05) is 44.4 Å². The van der Waals surface area contributed by atoms with Gasteiger partial charge in [-0.1, -0.05) is 41.5 Å². The first-order valence-electron chi connectivity index (χ1n) is 48.1. The van der Waals surface area contributed by atoms with E-state index in [0.29, 0.717) is 6.42 Å². The molecule has 0 radical (unpaired) electrons. The molecule has 33 N–H and O–H groups in total. The number of aliphatic hydroxyl groups is 4. The SMILES string of the molecule is CSCC[C@H](NC(=O)[C@H](CC(=O)O)NC(=O)[C@H](CC(C)C)NC(=O)[C@H](Cc1cnc[nH]1)NC(=O)[C@@H](NC(=O)[C@H](CCC(=O)O)NC(=O)[C@@H]1CCCN1C(=O)[C@H](CO)NC(=O)[C@H](C)NC(=O)[C@@H]1CCCN1C(=O)[C@H](CC(C)C)NC(=O)[C@H](CCCNC(=N)N)NC(=O)[C@H](CC(C)C)NC(=O)[C@H](CCCCN)NC(=O)[C@H](CCSC)NC(=O)[C@H](CC(=O)O)NC(=O)[C@@H](NC(=O)CNC(=O)[C@@H](N)[C@@H](C)O)[C@@H](C)O)[C@@H](C)O)C(=O)O. The third-order valence-electron chi connectivity index (χ3n) is 23.2. The minimum atomic E-state index is -2.01. The van der Waals surface area contributed by atoms with Crippen LogP contribution in [0.3, 0.4) is 0 Å². The fourth-order valence-corrected chi connectivity index (χ4v) is 16.4. The third-order valence-corrected chi connectivity index (χ3v) is 24.5. The maximum atomic E-state index is 15.0.